The standard InChI is InChI=1S/C19H15FN2O4/c1-11-6-7-12(8-16(11)20)21-9-13(26-19(21)25)10-22-17(23)14-4-2-3-5-15(14)18(22)24/h2-8,13H,9-10H2,1H3/t13-/m1/s1. The molecule has 0 aliphatic carbocycles. The zero-order valence-electron chi connectivity index (χ0n) is 13.9. The molecule has 0 radical (unpaired) electrons. The second-order valence-corrected chi connectivity index (χ2v) is 6.32. The summed E-state index contributed by atoms with van der Waals surface area (Å²) >= 11 is 0. The lowest BCUT2D eigenvalue weighted by molar-refractivity contribution is 0.0558. The number of hydrogen-bond donors (Lipinski definition) is 0. The van der Waals surface area contributed by atoms with Gasteiger partial charge in [0.05, 0.1) is 29.9 Å². The van der Waals surface area contributed by atoms with E-state index >= 15 is 0 Å². The van der Waals surface area contributed by atoms with Gasteiger partial charge in [-0.25, -0.2) is 9.18 Å². The monoisotopic (exact) mass is 354 g/mol. The molecule has 2 aromatic carbocycles. The molecular formula is C19H15FN2O4. The van der Waals surface area contributed by atoms with Crippen LogP contribution in [0.25, 0.3) is 0 Å². The van der Waals surface area contributed by atoms with Crippen LogP contribution in [0.2, 0.25) is 0 Å². The second-order valence-electron chi connectivity index (χ2n) is 6.32. The van der Waals surface area contributed by atoms with Gasteiger partial charge in [0.1, 0.15) is 11.9 Å². The summed E-state index contributed by atoms with van der Waals surface area (Å²) in [7, 11) is 0. The van der Waals surface area contributed by atoms with E-state index < -0.39 is 29.8 Å². The first-order valence-electron chi connectivity index (χ1n) is 8.15. The smallest absolute Gasteiger partial charge is 0.414 e. The van der Waals surface area contributed by atoms with Crippen LogP contribution < -0.4 is 4.90 Å². The summed E-state index contributed by atoms with van der Waals surface area (Å²) in [6, 6.07) is 11.0. The molecule has 4 rings (SSSR count). The molecule has 2 aliphatic rings. The van der Waals surface area contributed by atoms with Gasteiger partial charge in [-0.3, -0.25) is 19.4 Å². The molecule has 0 saturated carbocycles. The average Bonchev–Trinajstić information content (AvgIpc) is 3.11. The number of halogens is 1. The average molecular weight is 354 g/mol. The van der Waals surface area contributed by atoms with E-state index in [0.717, 1.165) is 4.90 Å². The van der Waals surface area contributed by atoms with Crippen molar-refractivity contribution in [1.82, 2.24) is 4.90 Å². The van der Waals surface area contributed by atoms with Crippen molar-refractivity contribution >= 4 is 23.6 Å². The minimum absolute atomic E-state index is 0.0388. The summed E-state index contributed by atoms with van der Waals surface area (Å²) in [4.78, 5) is 39.3. The van der Waals surface area contributed by atoms with Crippen LogP contribution in [0.3, 0.4) is 0 Å². The number of fused-ring (bicyclic) bond motifs is 1. The number of ether oxygens (including phenoxy) is 1. The van der Waals surface area contributed by atoms with Gasteiger partial charge in [0.2, 0.25) is 0 Å². The molecule has 132 valence electrons. The van der Waals surface area contributed by atoms with Crippen LogP contribution in [0.4, 0.5) is 14.9 Å². The van der Waals surface area contributed by atoms with E-state index in [1.807, 2.05) is 0 Å². The van der Waals surface area contributed by atoms with E-state index in [0.29, 0.717) is 22.4 Å². The maximum atomic E-state index is 13.8. The molecule has 0 aromatic heterocycles. The topological polar surface area (TPSA) is 66.9 Å². The van der Waals surface area contributed by atoms with Crippen LogP contribution in [0.5, 0.6) is 0 Å². The third-order valence-electron chi connectivity index (χ3n) is 4.61. The number of amides is 3. The molecule has 1 fully saturated rings. The summed E-state index contributed by atoms with van der Waals surface area (Å²) < 4.78 is 19.0. The first-order valence-corrected chi connectivity index (χ1v) is 8.15. The van der Waals surface area contributed by atoms with Crippen molar-refractivity contribution in [2.24, 2.45) is 0 Å². The highest BCUT2D eigenvalue weighted by Gasteiger charge is 2.40. The number of nitrogens with zero attached hydrogens (tertiary/aromatic N) is 2. The van der Waals surface area contributed by atoms with E-state index in [1.165, 1.54) is 11.0 Å². The summed E-state index contributed by atoms with van der Waals surface area (Å²) in [6.45, 7) is 1.73. The molecular weight excluding hydrogens is 339 g/mol. The highest BCUT2D eigenvalue weighted by Crippen LogP contribution is 2.27. The van der Waals surface area contributed by atoms with Crippen molar-refractivity contribution in [3.63, 3.8) is 0 Å². The Bertz CT molecular complexity index is 908. The van der Waals surface area contributed by atoms with Gasteiger partial charge < -0.3 is 4.74 Å². The number of carbonyl (C=O) groups excluding carboxylic acids is 3. The Hall–Kier alpha value is -3.22. The van der Waals surface area contributed by atoms with Crippen molar-refractivity contribution in [3.8, 4) is 0 Å². The molecule has 1 saturated heterocycles. The van der Waals surface area contributed by atoms with Crippen LogP contribution >= 0.6 is 0 Å². The third-order valence-corrected chi connectivity index (χ3v) is 4.61. The first-order chi connectivity index (χ1) is 12.5. The van der Waals surface area contributed by atoms with Gasteiger partial charge in [-0.05, 0) is 36.8 Å². The molecule has 0 bridgehead atoms. The predicted octanol–water partition coefficient (Wildman–Crippen LogP) is 2.76. The molecule has 6 nitrogen and oxygen atoms in total. The molecule has 1 atom stereocenters. The number of rotatable bonds is 3. The molecule has 2 aliphatic heterocycles. The molecule has 0 N–H and O–H groups in total. The lowest BCUT2D eigenvalue weighted by Crippen LogP contribution is -2.38. The van der Waals surface area contributed by atoms with Crippen molar-refractivity contribution in [1.29, 1.82) is 0 Å². The van der Waals surface area contributed by atoms with Crippen molar-refractivity contribution in [2.45, 2.75) is 13.0 Å². The number of benzene rings is 2. The summed E-state index contributed by atoms with van der Waals surface area (Å²) in [6.07, 6.45) is -1.30. The summed E-state index contributed by atoms with van der Waals surface area (Å²) in [5, 5.41) is 0. The Morgan fingerprint density at radius 1 is 1.08 bits per heavy atom. The lowest BCUT2D eigenvalue weighted by Gasteiger charge is -2.17. The Morgan fingerprint density at radius 2 is 1.73 bits per heavy atom. The van der Waals surface area contributed by atoms with Crippen LogP contribution in [0, 0.1) is 12.7 Å². The van der Waals surface area contributed by atoms with Gasteiger partial charge in [0, 0.05) is 0 Å². The number of imide groups is 1. The van der Waals surface area contributed by atoms with Gasteiger partial charge in [-0.1, -0.05) is 18.2 Å². The Morgan fingerprint density at radius 3 is 2.35 bits per heavy atom. The quantitative estimate of drug-likeness (QED) is 0.795. The Balaban J connectivity index is 1.51. The highest BCUT2D eigenvalue weighted by molar-refractivity contribution is 6.21. The van der Waals surface area contributed by atoms with E-state index in [9.17, 15) is 18.8 Å². The molecule has 26 heavy (non-hydrogen) atoms. The number of aryl methyl sites for hydroxylation is 1. The number of carbonyl (C=O) groups is 3. The Labute approximate surface area is 148 Å². The van der Waals surface area contributed by atoms with Crippen LogP contribution in [0.1, 0.15) is 26.3 Å². The van der Waals surface area contributed by atoms with Gasteiger partial charge >= 0.3 is 6.09 Å². The first kappa shape index (κ1) is 16.3. The minimum Gasteiger partial charge on any atom is -0.442 e. The molecule has 3 amide bonds. The normalized spacial score (nSPS) is 19.2. The number of hydrogen-bond acceptors (Lipinski definition) is 4. The van der Waals surface area contributed by atoms with E-state index in [-0.39, 0.29) is 13.1 Å². The molecule has 2 heterocycles. The van der Waals surface area contributed by atoms with Gasteiger partial charge in [0.25, 0.3) is 11.8 Å². The van der Waals surface area contributed by atoms with E-state index in [4.69, 9.17) is 4.74 Å². The SMILES string of the molecule is Cc1ccc(N2C[C@H](CN3C(=O)c4ccccc4C3=O)OC2=O)cc1F. The summed E-state index contributed by atoms with van der Waals surface area (Å²) in [5.41, 5.74) is 1.55. The minimum atomic E-state index is -0.672. The zero-order chi connectivity index (χ0) is 18.4. The Kier molecular flexibility index (Phi) is 3.72. The molecule has 7 heteroatoms. The predicted molar refractivity (Wildman–Crippen MR) is 90.6 cm³/mol. The number of anilines is 1. The number of cyclic esters (lactones) is 1. The highest BCUT2D eigenvalue weighted by atomic mass is 19.1. The third kappa shape index (κ3) is 2.52. The largest absolute Gasteiger partial charge is 0.442 e. The van der Waals surface area contributed by atoms with E-state index in [1.54, 1.807) is 43.3 Å². The fourth-order valence-corrected chi connectivity index (χ4v) is 3.19. The maximum absolute atomic E-state index is 13.8. The fourth-order valence-electron chi connectivity index (χ4n) is 3.19. The van der Waals surface area contributed by atoms with Crippen molar-refractivity contribution < 1.29 is 23.5 Å². The molecule has 2 aromatic rings. The van der Waals surface area contributed by atoms with Gasteiger partial charge in [0.15, 0.2) is 0 Å². The molecule has 0 unspecified atom stereocenters. The van der Waals surface area contributed by atoms with Crippen LogP contribution in [-0.4, -0.2) is 42.0 Å². The molecule has 0 spiro atoms. The van der Waals surface area contributed by atoms with Gasteiger partial charge in [-0.15, -0.1) is 0 Å². The van der Waals surface area contributed by atoms with Crippen molar-refractivity contribution in [3.05, 3.63) is 65.0 Å². The zero-order valence-corrected chi connectivity index (χ0v) is 13.9. The maximum Gasteiger partial charge on any atom is 0.414 e. The fraction of sp³-hybridized carbons (Fsp3) is 0.211. The van der Waals surface area contributed by atoms with Crippen LogP contribution in [0.15, 0.2) is 42.5 Å². The lowest BCUT2D eigenvalue weighted by atomic mass is 10.1. The van der Waals surface area contributed by atoms with Crippen molar-refractivity contribution in [2.75, 3.05) is 18.0 Å². The summed E-state index contributed by atoms with van der Waals surface area (Å²) in [5.74, 6) is -1.22. The van der Waals surface area contributed by atoms with Gasteiger partial charge in [-0.2, -0.15) is 0 Å². The van der Waals surface area contributed by atoms with E-state index in [2.05, 4.69) is 0 Å². The van der Waals surface area contributed by atoms with Crippen LogP contribution in [-0.2, 0) is 4.74 Å². The second kappa shape index (κ2) is 5.94.